The van der Waals surface area contributed by atoms with E-state index < -0.39 is 11.6 Å². The molecule has 0 saturated heterocycles. The van der Waals surface area contributed by atoms with Crippen LogP contribution in [0.3, 0.4) is 0 Å². The molecule has 0 aliphatic carbocycles. The Bertz CT molecular complexity index is 395. The van der Waals surface area contributed by atoms with Crippen LogP contribution in [0.4, 0.5) is 8.78 Å². The van der Waals surface area contributed by atoms with Gasteiger partial charge in [0.2, 0.25) is 0 Å². The fourth-order valence-electron chi connectivity index (χ4n) is 1.54. The molecule has 0 saturated carbocycles. The second-order valence-corrected chi connectivity index (χ2v) is 4.14. The summed E-state index contributed by atoms with van der Waals surface area (Å²) in [5, 5.41) is 0. The van der Waals surface area contributed by atoms with Crippen molar-refractivity contribution >= 4 is 0 Å². The number of ether oxygens (including phenoxy) is 1. The van der Waals surface area contributed by atoms with Crippen LogP contribution in [0.5, 0.6) is 5.75 Å². The van der Waals surface area contributed by atoms with Gasteiger partial charge in [0.25, 0.3) is 0 Å². The number of benzene rings is 1. The molecule has 0 amide bonds. The summed E-state index contributed by atoms with van der Waals surface area (Å²) < 4.78 is 32.4. The summed E-state index contributed by atoms with van der Waals surface area (Å²) in [5.74, 6) is -1.70. The lowest BCUT2D eigenvalue weighted by molar-refractivity contribution is 0.320. The predicted molar refractivity (Wildman–Crippen MR) is 68.6 cm³/mol. The maximum Gasteiger partial charge on any atom is 0.191 e. The fourth-order valence-corrected chi connectivity index (χ4v) is 1.54. The monoisotopic (exact) mass is 255 g/mol. The van der Waals surface area contributed by atoms with Gasteiger partial charge in [0.05, 0.1) is 0 Å². The number of nitrogens with two attached hydrogens (primary N) is 1. The largest absolute Gasteiger partial charge is 0.483 e. The van der Waals surface area contributed by atoms with Gasteiger partial charge in [-0.25, -0.2) is 8.78 Å². The molecule has 1 atom stereocenters. The molecule has 0 aromatic heterocycles. The van der Waals surface area contributed by atoms with Crippen LogP contribution in [0.1, 0.15) is 25.8 Å². The Morgan fingerprint density at radius 1 is 1.33 bits per heavy atom. The zero-order valence-corrected chi connectivity index (χ0v) is 10.7. The minimum Gasteiger partial charge on any atom is -0.483 e. The molecule has 0 aliphatic rings. The Balaban J connectivity index is 2.83. The van der Waals surface area contributed by atoms with Crippen molar-refractivity contribution in [3.63, 3.8) is 0 Å². The highest BCUT2D eigenvalue weighted by atomic mass is 19.1. The highest BCUT2D eigenvalue weighted by Crippen LogP contribution is 2.24. The van der Waals surface area contributed by atoms with Crippen molar-refractivity contribution in [1.82, 2.24) is 0 Å². The standard InChI is InChI=1S/C14H19F2NO/c1-3-5-6-18-14-12(15)8-10(9-13(14)16)7-11(17)4-2/h3,5,8-9,11H,4,6-7,17H2,1-2H3. The van der Waals surface area contributed by atoms with Gasteiger partial charge in [-0.1, -0.05) is 19.1 Å². The van der Waals surface area contributed by atoms with Gasteiger partial charge in [-0.15, -0.1) is 0 Å². The fraction of sp³-hybridized carbons (Fsp3) is 0.429. The van der Waals surface area contributed by atoms with Gasteiger partial charge in [-0.05, 0) is 37.5 Å². The van der Waals surface area contributed by atoms with Crippen molar-refractivity contribution in [3.05, 3.63) is 41.5 Å². The Morgan fingerprint density at radius 3 is 2.44 bits per heavy atom. The second-order valence-electron chi connectivity index (χ2n) is 4.14. The first-order chi connectivity index (χ1) is 8.58. The summed E-state index contributed by atoms with van der Waals surface area (Å²) in [6, 6.07) is 2.48. The third-order valence-electron chi connectivity index (χ3n) is 2.64. The molecule has 2 nitrogen and oxygen atoms in total. The molecule has 1 aromatic carbocycles. The highest BCUT2D eigenvalue weighted by Gasteiger charge is 2.13. The van der Waals surface area contributed by atoms with Crippen molar-refractivity contribution in [3.8, 4) is 5.75 Å². The van der Waals surface area contributed by atoms with E-state index in [4.69, 9.17) is 10.5 Å². The first-order valence-corrected chi connectivity index (χ1v) is 6.05. The van der Waals surface area contributed by atoms with Crippen LogP contribution in [0.15, 0.2) is 24.3 Å². The molecule has 0 spiro atoms. The molecule has 0 aliphatic heterocycles. The molecular weight excluding hydrogens is 236 g/mol. The Morgan fingerprint density at radius 2 is 1.94 bits per heavy atom. The van der Waals surface area contributed by atoms with Gasteiger partial charge < -0.3 is 10.5 Å². The van der Waals surface area contributed by atoms with Crippen molar-refractivity contribution in [2.75, 3.05) is 6.61 Å². The minimum atomic E-state index is -0.683. The molecule has 100 valence electrons. The molecule has 1 unspecified atom stereocenters. The van der Waals surface area contributed by atoms with Gasteiger partial charge >= 0.3 is 0 Å². The topological polar surface area (TPSA) is 35.2 Å². The first kappa shape index (κ1) is 14.6. The number of halogens is 2. The summed E-state index contributed by atoms with van der Waals surface area (Å²) in [6.07, 6.45) is 4.66. The number of hydrogen-bond acceptors (Lipinski definition) is 2. The smallest absolute Gasteiger partial charge is 0.191 e. The van der Waals surface area contributed by atoms with E-state index in [1.807, 2.05) is 13.8 Å². The molecule has 2 N–H and O–H groups in total. The van der Waals surface area contributed by atoms with Crippen LogP contribution in [-0.2, 0) is 6.42 Å². The van der Waals surface area contributed by atoms with Crippen LogP contribution in [0.25, 0.3) is 0 Å². The van der Waals surface area contributed by atoms with Crippen LogP contribution >= 0.6 is 0 Å². The van der Waals surface area contributed by atoms with E-state index >= 15 is 0 Å². The molecule has 0 bridgehead atoms. The number of hydrogen-bond donors (Lipinski definition) is 1. The Labute approximate surface area is 106 Å². The van der Waals surface area contributed by atoms with E-state index in [-0.39, 0.29) is 18.4 Å². The van der Waals surface area contributed by atoms with Crippen molar-refractivity contribution < 1.29 is 13.5 Å². The lowest BCUT2D eigenvalue weighted by atomic mass is 10.0. The first-order valence-electron chi connectivity index (χ1n) is 6.05. The van der Waals surface area contributed by atoms with Crippen molar-refractivity contribution in [2.24, 2.45) is 5.73 Å². The third-order valence-corrected chi connectivity index (χ3v) is 2.64. The summed E-state index contributed by atoms with van der Waals surface area (Å²) in [4.78, 5) is 0. The molecule has 1 aromatic rings. The van der Waals surface area contributed by atoms with E-state index in [1.54, 1.807) is 12.2 Å². The normalized spacial score (nSPS) is 12.9. The zero-order valence-electron chi connectivity index (χ0n) is 10.7. The summed E-state index contributed by atoms with van der Waals surface area (Å²) in [7, 11) is 0. The SMILES string of the molecule is CC=CCOc1c(F)cc(CC(N)CC)cc1F. The molecule has 4 heteroatoms. The van der Waals surface area contributed by atoms with Gasteiger partial charge in [-0.3, -0.25) is 0 Å². The minimum absolute atomic E-state index is 0.0846. The van der Waals surface area contributed by atoms with Crippen molar-refractivity contribution in [1.29, 1.82) is 0 Å². The molecule has 18 heavy (non-hydrogen) atoms. The molecule has 0 radical (unpaired) electrons. The molecular formula is C14H19F2NO. The quantitative estimate of drug-likeness (QED) is 0.792. The van der Waals surface area contributed by atoms with E-state index in [0.717, 1.165) is 6.42 Å². The number of rotatable bonds is 6. The zero-order chi connectivity index (χ0) is 13.5. The highest BCUT2D eigenvalue weighted by molar-refractivity contribution is 5.32. The lowest BCUT2D eigenvalue weighted by Gasteiger charge is -2.11. The summed E-state index contributed by atoms with van der Waals surface area (Å²) >= 11 is 0. The van der Waals surface area contributed by atoms with Gasteiger partial charge in [0, 0.05) is 6.04 Å². The lowest BCUT2D eigenvalue weighted by Crippen LogP contribution is -2.21. The Hall–Kier alpha value is -1.42. The second kappa shape index (κ2) is 7.11. The van der Waals surface area contributed by atoms with Gasteiger partial charge in [0.15, 0.2) is 17.4 Å². The van der Waals surface area contributed by atoms with Crippen LogP contribution in [0.2, 0.25) is 0 Å². The van der Waals surface area contributed by atoms with E-state index in [2.05, 4.69) is 0 Å². The van der Waals surface area contributed by atoms with E-state index in [1.165, 1.54) is 12.1 Å². The van der Waals surface area contributed by atoms with Crippen molar-refractivity contribution in [2.45, 2.75) is 32.7 Å². The summed E-state index contributed by atoms with van der Waals surface area (Å²) in [6.45, 7) is 3.90. The van der Waals surface area contributed by atoms with Crippen LogP contribution < -0.4 is 10.5 Å². The van der Waals surface area contributed by atoms with Crippen LogP contribution in [-0.4, -0.2) is 12.6 Å². The maximum absolute atomic E-state index is 13.7. The van der Waals surface area contributed by atoms with E-state index in [0.29, 0.717) is 12.0 Å². The summed E-state index contributed by atoms with van der Waals surface area (Å²) in [5.41, 5.74) is 6.31. The van der Waals surface area contributed by atoms with Crippen LogP contribution in [0, 0.1) is 11.6 Å². The average Bonchev–Trinajstić information content (AvgIpc) is 2.32. The Kier molecular flexibility index (Phi) is 5.78. The average molecular weight is 255 g/mol. The molecule has 0 heterocycles. The van der Waals surface area contributed by atoms with Gasteiger partial charge in [0.1, 0.15) is 6.61 Å². The number of allylic oxidation sites excluding steroid dienone is 1. The third kappa shape index (κ3) is 4.11. The molecule has 0 fully saturated rings. The predicted octanol–water partition coefficient (Wildman–Crippen LogP) is 3.20. The maximum atomic E-state index is 13.7. The van der Waals surface area contributed by atoms with E-state index in [9.17, 15) is 8.78 Å². The van der Waals surface area contributed by atoms with Gasteiger partial charge in [-0.2, -0.15) is 0 Å². The molecule has 1 rings (SSSR count).